The number of pyridine rings is 1. The first kappa shape index (κ1) is 15.0. The molecule has 0 radical (unpaired) electrons. The van der Waals surface area contributed by atoms with Crippen molar-refractivity contribution < 1.29 is 0 Å². The fourth-order valence-corrected chi connectivity index (χ4v) is 3.28. The zero-order valence-electron chi connectivity index (χ0n) is 13.0. The van der Waals surface area contributed by atoms with Crippen LogP contribution in [0.3, 0.4) is 0 Å². The van der Waals surface area contributed by atoms with Crippen molar-refractivity contribution in [2.75, 3.05) is 0 Å². The van der Waals surface area contributed by atoms with Gasteiger partial charge in [0, 0.05) is 17.2 Å². The lowest BCUT2D eigenvalue weighted by Gasteiger charge is -2.14. The molecule has 0 bridgehead atoms. The van der Waals surface area contributed by atoms with Crippen LogP contribution in [-0.2, 0) is 0 Å². The summed E-state index contributed by atoms with van der Waals surface area (Å²) in [5.74, 6) is 6.33. The fraction of sp³-hybridized carbons (Fsp3) is 0.316. The van der Waals surface area contributed by atoms with Crippen molar-refractivity contribution in [3.63, 3.8) is 0 Å². The van der Waals surface area contributed by atoms with Gasteiger partial charge in [-0.1, -0.05) is 25.0 Å². The first-order valence-corrected chi connectivity index (χ1v) is 8.70. The van der Waals surface area contributed by atoms with E-state index in [-0.39, 0.29) is 0 Å². The molecule has 1 aliphatic heterocycles. The molecule has 0 unspecified atom stereocenters. The molecular formula is C19H20N2S. The van der Waals surface area contributed by atoms with Gasteiger partial charge in [0.1, 0.15) is 0 Å². The highest BCUT2D eigenvalue weighted by Crippen LogP contribution is 2.29. The third kappa shape index (κ3) is 3.45. The van der Waals surface area contributed by atoms with Crippen molar-refractivity contribution in [2.24, 2.45) is 0 Å². The van der Waals surface area contributed by atoms with Crippen LogP contribution >= 0.6 is 11.8 Å². The highest BCUT2D eigenvalue weighted by Gasteiger charge is 2.11. The van der Waals surface area contributed by atoms with Crippen LogP contribution in [0.15, 0.2) is 47.2 Å². The largest absolute Gasteiger partial charge is 0.366 e. The van der Waals surface area contributed by atoms with E-state index in [4.69, 9.17) is 0 Å². The molecule has 0 spiro atoms. The highest BCUT2D eigenvalue weighted by molar-refractivity contribution is 8.02. The first-order valence-electron chi connectivity index (χ1n) is 7.76. The van der Waals surface area contributed by atoms with Gasteiger partial charge in [0.2, 0.25) is 0 Å². The summed E-state index contributed by atoms with van der Waals surface area (Å²) in [6.45, 7) is 4.33. The highest BCUT2D eigenvalue weighted by atomic mass is 32.2. The summed E-state index contributed by atoms with van der Waals surface area (Å²) in [5, 5.41) is 5.81. The van der Waals surface area contributed by atoms with Crippen LogP contribution in [0.2, 0.25) is 0 Å². The van der Waals surface area contributed by atoms with Gasteiger partial charge in [-0.15, -0.1) is 11.8 Å². The maximum atomic E-state index is 4.60. The number of aromatic nitrogens is 1. The smallest absolute Gasteiger partial charge is 0.0930 e. The summed E-state index contributed by atoms with van der Waals surface area (Å²) in [6.07, 6.45) is 9.83. The number of thioether (sulfide) groups is 1. The lowest BCUT2D eigenvalue weighted by atomic mass is 9.93. The summed E-state index contributed by atoms with van der Waals surface area (Å²) in [7, 11) is 0. The third-order valence-corrected chi connectivity index (χ3v) is 4.66. The van der Waals surface area contributed by atoms with E-state index in [2.05, 4.69) is 65.7 Å². The fourth-order valence-electron chi connectivity index (χ4n) is 2.62. The van der Waals surface area contributed by atoms with E-state index >= 15 is 0 Å². The van der Waals surface area contributed by atoms with Gasteiger partial charge in [-0.2, -0.15) is 0 Å². The van der Waals surface area contributed by atoms with Gasteiger partial charge < -0.3 is 5.32 Å². The Morgan fingerprint density at radius 2 is 2.14 bits per heavy atom. The maximum absolute atomic E-state index is 4.60. The predicted molar refractivity (Wildman–Crippen MR) is 95.0 cm³/mol. The van der Waals surface area contributed by atoms with E-state index in [1.54, 1.807) is 11.8 Å². The zero-order chi connectivity index (χ0) is 15.4. The van der Waals surface area contributed by atoms with Crippen molar-refractivity contribution >= 4 is 17.3 Å². The van der Waals surface area contributed by atoms with Crippen LogP contribution in [0.5, 0.6) is 0 Å². The number of hydrogen-bond acceptors (Lipinski definition) is 3. The Balaban J connectivity index is 1.75. The van der Waals surface area contributed by atoms with E-state index in [1.165, 1.54) is 11.1 Å². The molecule has 2 nitrogen and oxygen atoms in total. The molecule has 1 aromatic heterocycles. The number of allylic oxidation sites excluding steroid dienone is 5. The van der Waals surface area contributed by atoms with Crippen molar-refractivity contribution in [3.8, 4) is 11.8 Å². The second-order valence-electron chi connectivity index (χ2n) is 5.41. The second-order valence-corrected chi connectivity index (χ2v) is 6.63. The average Bonchev–Trinajstić information content (AvgIpc) is 2.99. The summed E-state index contributed by atoms with van der Waals surface area (Å²) >= 11 is 1.76. The van der Waals surface area contributed by atoms with E-state index < -0.39 is 0 Å². The quantitative estimate of drug-likeness (QED) is 0.816. The number of nitrogens with zero attached hydrogens (tertiary/aromatic N) is 1. The zero-order valence-corrected chi connectivity index (χ0v) is 13.8. The van der Waals surface area contributed by atoms with Crippen LogP contribution in [-0.4, -0.2) is 10.4 Å². The third-order valence-electron chi connectivity index (χ3n) is 3.76. The van der Waals surface area contributed by atoms with Crippen molar-refractivity contribution in [1.82, 2.24) is 10.3 Å². The van der Waals surface area contributed by atoms with Gasteiger partial charge in [0.15, 0.2) is 0 Å². The second kappa shape index (κ2) is 6.89. The first-order chi connectivity index (χ1) is 10.8. The van der Waals surface area contributed by atoms with Crippen LogP contribution < -0.4 is 5.32 Å². The van der Waals surface area contributed by atoms with Crippen LogP contribution in [0.25, 0.3) is 5.57 Å². The molecule has 0 saturated heterocycles. The SMILES string of the molecule is CCC1=CCCC=C1c1ccc(C#CC2=CS[C@H](C)N2)cn1. The summed E-state index contributed by atoms with van der Waals surface area (Å²) in [6, 6.07) is 4.14. The molecule has 0 saturated carbocycles. The van der Waals surface area contributed by atoms with Crippen LogP contribution in [0.4, 0.5) is 0 Å². The molecule has 112 valence electrons. The number of hydrogen-bond donors (Lipinski definition) is 1. The van der Waals surface area contributed by atoms with Crippen molar-refractivity contribution in [1.29, 1.82) is 0 Å². The van der Waals surface area contributed by atoms with Gasteiger partial charge in [-0.25, -0.2) is 0 Å². The molecule has 3 rings (SSSR count). The molecule has 22 heavy (non-hydrogen) atoms. The Bertz CT molecular complexity index is 699. The molecule has 2 aliphatic rings. The monoisotopic (exact) mass is 308 g/mol. The Labute approximate surface area is 136 Å². The van der Waals surface area contributed by atoms with E-state index in [9.17, 15) is 0 Å². The lowest BCUT2D eigenvalue weighted by molar-refractivity contribution is 0.847. The Hall–Kier alpha value is -1.92. The molecule has 1 aliphatic carbocycles. The van der Waals surface area contributed by atoms with Gasteiger partial charge in [-0.05, 0) is 55.4 Å². The Kier molecular flexibility index (Phi) is 4.70. The molecule has 1 aromatic rings. The van der Waals surface area contributed by atoms with Crippen molar-refractivity contribution in [2.45, 2.75) is 38.5 Å². The Morgan fingerprint density at radius 3 is 2.82 bits per heavy atom. The minimum absolute atomic E-state index is 0.419. The predicted octanol–water partition coefficient (Wildman–Crippen LogP) is 4.47. The van der Waals surface area contributed by atoms with Gasteiger partial charge in [-0.3, -0.25) is 4.98 Å². The molecular weight excluding hydrogens is 288 g/mol. The van der Waals surface area contributed by atoms with Gasteiger partial charge >= 0.3 is 0 Å². The topological polar surface area (TPSA) is 24.9 Å². The average molecular weight is 308 g/mol. The minimum Gasteiger partial charge on any atom is -0.366 e. The molecule has 1 atom stereocenters. The summed E-state index contributed by atoms with van der Waals surface area (Å²) in [5.41, 5.74) is 5.70. The van der Waals surface area contributed by atoms with E-state index in [0.717, 1.165) is 36.2 Å². The Morgan fingerprint density at radius 1 is 1.27 bits per heavy atom. The molecule has 1 N–H and O–H groups in total. The summed E-state index contributed by atoms with van der Waals surface area (Å²) in [4.78, 5) is 4.60. The van der Waals surface area contributed by atoms with Gasteiger partial charge in [0.05, 0.1) is 16.8 Å². The van der Waals surface area contributed by atoms with Crippen molar-refractivity contribution in [3.05, 3.63) is 58.4 Å². The maximum Gasteiger partial charge on any atom is 0.0930 e. The van der Waals surface area contributed by atoms with Crippen LogP contribution in [0.1, 0.15) is 44.4 Å². The molecule has 0 amide bonds. The van der Waals surface area contributed by atoms with E-state index in [1.807, 2.05) is 6.20 Å². The number of rotatable bonds is 2. The van der Waals surface area contributed by atoms with E-state index in [0.29, 0.717) is 5.37 Å². The molecule has 0 aromatic carbocycles. The molecule has 3 heteroatoms. The lowest BCUT2D eigenvalue weighted by Crippen LogP contribution is -2.15. The standard InChI is InChI=1S/C19H20N2S/c1-3-16-6-4-5-7-18(16)19-11-9-15(12-20-19)8-10-17-13-22-14(2)21-17/h6-7,9,11-14,21H,3-5H2,1-2H3/t14-/m1/s1. The van der Waals surface area contributed by atoms with Gasteiger partial charge in [0.25, 0.3) is 0 Å². The minimum atomic E-state index is 0.419. The summed E-state index contributed by atoms with van der Waals surface area (Å²) < 4.78 is 0. The molecule has 0 fully saturated rings. The van der Waals surface area contributed by atoms with Crippen LogP contribution in [0, 0.1) is 11.8 Å². The number of nitrogens with one attached hydrogen (secondary N) is 1. The normalized spacial score (nSPS) is 20.3. The molecule has 2 heterocycles.